The van der Waals surface area contributed by atoms with E-state index in [2.05, 4.69) is 19.1 Å². The van der Waals surface area contributed by atoms with Crippen LogP contribution in [-0.4, -0.2) is 35.5 Å². The van der Waals surface area contributed by atoms with Gasteiger partial charge in [-0.05, 0) is 49.8 Å². The third-order valence-electron chi connectivity index (χ3n) is 5.03. The molecule has 1 atom stereocenters. The SMILES string of the molecule is CCCCCCCCCC/C=C/CCCc1ccc(C(=O)OCC(O)CO)cc1. The quantitative estimate of drug-likeness (QED) is 0.201. The maximum atomic E-state index is 11.8. The molecular weight excluding hydrogens is 364 g/mol. The van der Waals surface area contributed by atoms with Crippen LogP contribution < -0.4 is 0 Å². The zero-order chi connectivity index (χ0) is 21.2. The first-order valence-electron chi connectivity index (χ1n) is 11.4. The van der Waals surface area contributed by atoms with Crippen molar-refractivity contribution in [3.8, 4) is 0 Å². The van der Waals surface area contributed by atoms with E-state index in [1.165, 1.54) is 63.4 Å². The Bertz CT molecular complexity index is 550. The fourth-order valence-electron chi connectivity index (χ4n) is 3.17. The van der Waals surface area contributed by atoms with Gasteiger partial charge in [-0.25, -0.2) is 4.79 Å². The van der Waals surface area contributed by atoms with Gasteiger partial charge in [-0.2, -0.15) is 0 Å². The van der Waals surface area contributed by atoms with Crippen LogP contribution in [0.3, 0.4) is 0 Å². The first kappa shape index (κ1) is 25.4. The molecule has 0 aliphatic rings. The second-order valence-corrected chi connectivity index (χ2v) is 7.76. The van der Waals surface area contributed by atoms with Crippen molar-refractivity contribution in [2.75, 3.05) is 13.2 Å². The summed E-state index contributed by atoms with van der Waals surface area (Å²) in [5, 5.41) is 17.9. The number of benzene rings is 1. The molecule has 0 bridgehead atoms. The van der Waals surface area contributed by atoms with Crippen LogP contribution in [0.2, 0.25) is 0 Å². The van der Waals surface area contributed by atoms with Crippen LogP contribution in [0.4, 0.5) is 0 Å². The van der Waals surface area contributed by atoms with E-state index in [-0.39, 0.29) is 6.61 Å². The van der Waals surface area contributed by atoms with Gasteiger partial charge in [0.25, 0.3) is 0 Å². The molecule has 0 fully saturated rings. The highest BCUT2D eigenvalue weighted by atomic mass is 16.5. The van der Waals surface area contributed by atoms with Gasteiger partial charge in [0.05, 0.1) is 12.2 Å². The van der Waals surface area contributed by atoms with E-state index in [9.17, 15) is 9.90 Å². The van der Waals surface area contributed by atoms with Crippen molar-refractivity contribution >= 4 is 5.97 Å². The summed E-state index contributed by atoms with van der Waals surface area (Å²) in [7, 11) is 0. The van der Waals surface area contributed by atoms with Crippen LogP contribution in [0, 0.1) is 0 Å². The van der Waals surface area contributed by atoms with Crippen molar-refractivity contribution in [2.24, 2.45) is 0 Å². The van der Waals surface area contributed by atoms with Crippen molar-refractivity contribution in [1.29, 1.82) is 0 Å². The lowest BCUT2D eigenvalue weighted by Crippen LogP contribution is -2.21. The van der Waals surface area contributed by atoms with Crippen LogP contribution in [0.1, 0.15) is 93.5 Å². The molecule has 0 amide bonds. The van der Waals surface area contributed by atoms with Gasteiger partial charge in [-0.3, -0.25) is 0 Å². The fourth-order valence-corrected chi connectivity index (χ4v) is 3.17. The zero-order valence-electron chi connectivity index (χ0n) is 18.2. The number of esters is 1. The summed E-state index contributed by atoms with van der Waals surface area (Å²) in [6, 6.07) is 7.40. The molecule has 29 heavy (non-hydrogen) atoms. The topological polar surface area (TPSA) is 66.8 Å². The van der Waals surface area contributed by atoms with Gasteiger partial charge in [0.2, 0.25) is 0 Å². The number of carbonyl (C=O) groups is 1. The predicted molar refractivity (Wildman–Crippen MR) is 119 cm³/mol. The molecule has 0 aliphatic carbocycles. The minimum atomic E-state index is -1.03. The molecule has 0 saturated heterocycles. The number of rotatable bonds is 17. The summed E-state index contributed by atoms with van der Waals surface area (Å²) < 4.78 is 4.94. The highest BCUT2D eigenvalue weighted by Gasteiger charge is 2.10. The van der Waals surface area contributed by atoms with E-state index in [1.54, 1.807) is 12.1 Å². The second kappa shape index (κ2) is 17.2. The van der Waals surface area contributed by atoms with Gasteiger partial charge < -0.3 is 14.9 Å². The molecule has 2 N–H and O–H groups in total. The van der Waals surface area contributed by atoms with Crippen molar-refractivity contribution in [3.05, 3.63) is 47.5 Å². The summed E-state index contributed by atoms with van der Waals surface area (Å²) in [6.45, 7) is 1.65. The molecule has 1 aromatic rings. The van der Waals surface area contributed by atoms with E-state index >= 15 is 0 Å². The van der Waals surface area contributed by atoms with E-state index in [4.69, 9.17) is 9.84 Å². The first-order chi connectivity index (χ1) is 14.2. The fraction of sp³-hybridized carbons (Fsp3) is 0.640. The van der Waals surface area contributed by atoms with Crippen LogP contribution in [0.25, 0.3) is 0 Å². The summed E-state index contributed by atoms with van der Waals surface area (Å²) >= 11 is 0. The molecule has 0 radical (unpaired) electrons. The Morgan fingerprint density at radius 1 is 0.931 bits per heavy atom. The van der Waals surface area contributed by atoms with Gasteiger partial charge in [-0.15, -0.1) is 0 Å². The van der Waals surface area contributed by atoms with E-state index in [1.807, 2.05) is 12.1 Å². The Morgan fingerprint density at radius 2 is 1.52 bits per heavy atom. The maximum absolute atomic E-state index is 11.8. The lowest BCUT2D eigenvalue weighted by Gasteiger charge is -2.08. The molecule has 0 spiro atoms. The summed E-state index contributed by atoms with van der Waals surface area (Å²) in [5.74, 6) is -0.479. The lowest BCUT2D eigenvalue weighted by molar-refractivity contribution is 0.00933. The average Bonchev–Trinajstić information content (AvgIpc) is 2.75. The van der Waals surface area contributed by atoms with E-state index in [0.717, 1.165) is 19.3 Å². The number of carbonyl (C=O) groups excluding carboxylic acids is 1. The average molecular weight is 405 g/mol. The number of unbranched alkanes of at least 4 members (excludes halogenated alkanes) is 9. The minimum Gasteiger partial charge on any atom is -0.459 e. The Labute approximate surface area is 177 Å². The molecule has 0 aromatic heterocycles. The Kier molecular flexibility index (Phi) is 15.1. The zero-order valence-corrected chi connectivity index (χ0v) is 18.2. The smallest absolute Gasteiger partial charge is 0.338 e. The van der Waals surface area contributed by atoms with Crippen LogP contribution >= 0.6 is 0 Å². The molecule has 1 aromatic carbocycles. The van der Waals surface area contributed by atoms with Gasteiger partial charge >= 0.3 is 5.97 Å². The molecule has 4 nitrogen and oxygen atoms in total. The number of allylic oxidation sites excluding steroid dienone is 2. The molecule has 0 saturated carbocycles. The second-order valence-electron chi connectivity index (χ2n) is 7.76. The van der Waals surface area contributed by atoms with Crippen molar-refractivity contribution in [1.82, 2.24) is 0 Å². The molecule has 0 heterocycles. The molecule has 1 rings (SSSR count). The summed E-state index contributed by atoms with van der Waals surface area (Å²) in [4.78, 5) is 11.8. The number of ether oxygens (including phenoxy) is 1. The highest BCUT2D eigenvalue weighted by molar-refractivity contribution is 5.89. The van der Waals surface area contributed by atoms with E-state index in [0.29, 0.717) is 5.56 Å². The van der Waals surface area contributed by atoms with Crippen LogP contribution in [-0.2, 0) is 11.2 Å². The molecule has 4 heteroatoms. The molecule has 0 aliphatic heterocycles. The van der Waals surface area contributed by atoms with Gasteiger partial charge in [0.1, 0.15) is 12.7 Å². The van der Waals surface area contributed by atoms with E-state index < -0.39 is 18.7 Å². The van der Waals surface area contributed by atoms with Gasteiger partial charge in [0.15, 0.2) is 0 Å². The maximum Gasteiger partial charge on any atom is 0.338 e. The number of hydrogen-bond acceptors (Lipinski definition) is 4. The number of hydrogen-bond donors (Lipinski definition) is 2. The largest absolute Gasteiger partial charge is 0.459 e. The summed E-state index contributed by atoms with van der Waals surface area (Å²) in [5.41, 5.74) is 1.66. The predicted octanol–water partition coefficient (Wildman–Crippen LogP) is 5.61. The minimum absolute atomic E-state index is 0.192. The molecule has 164 valence electrons. The standard InChI is InChI=1S/C25H40O4/c1-2-3-4-5-6-7-8-9-10-11-12-13-14-15-22-16-18-23(19-17-22)25(28)29-21-24(27)20-26/h11-12,16-19,24,26-27H,2-10,13-15,20-21H2,1H3/b12-11+. The van der Waals surface area contributed by atoms with Crippen molar-refractivity contribution < 1.29 is 19.7 Å². The third kappa shape index (κ3) is 13.2. The Hall–Kier alpha value is -1.65. The van der Waals surface area contributed by atoms with Crippen molar-refractivity contribution in [2.45, 2.75) is 90.1 Å². The molecule has 1 unspecified atom stereocenters. The van der Waals surface area contributed by atoms with Gasteiger partial charge in [-0.1, -0.05) is 76.2 Å². The monoisotopic (exact) mass is 404 g/mol. The number of aliphatic hydroxyl groups is 2. The first-order valence-corrected chi connectivity index (χ1v) is 11.4. The van der Waals surface area contributed by atoms with Crippen molar-refractivity contribution in [3.63, 3.8) is 0 Å². The number of aryl methyl sites for hydroxylation is 1. The third-order valence-corrected chi connectivity index (χ3v) is 5.03. The normalized spacial score (nSPS) is 12.4. The van der Waals surface area contributed by atoms with Crippen LogP contribution in [0.5, 0.6) is 0 Å². The number of aliphatic hydroxyl groups excluding tert-OH is 2. The van der Waals surface area contributed by atoms with Crippen LogP contribution in [0.15, 0.2) is 36.4 Å². The lowest BCUT2D eigenvalue weighted by atomic mass is 10.1. The Balaban J connectivity index is 2.07. The summed E-state index contributed by atoms with van der Waals surface area (Å²) in [6.07, 6.45) is 18.9. The Morgan fingerprint density at radius 3 is 2.14 bits per heavy atom. The highest BCUT2D eigenvalue weighted by Crippen LogP contribution is 2.11. The molecular formula is C25H40O4. The van der Waals surface area contributed by atoms with Gasteiger partial charge in [0, 0.05) is 0 Å².